The Morgan fingerprint density at radius 2 is 2.03 bits per heavy atom. The van der Waals surface area contributed by atoms with E-state index in [-0.39, 0.29) is 12.2 Å². The smallest absolute Gasteiger partial charge is 0.338 e. The predicted molar refractivity (Wildman–Crippen MR) is 132 cm³/mol. The molecule has 33 heavy (non-hydrogen) atoms. The van der Waals surface area contributed by atoms with Crippen molar-refractivity contribution < 1.29 is 14.3 Å². The molecule has 3 aromatic rings. The fourth-order valence-corrected chi connectivity index (χ4v) is 5.11. The molecule has 6 nitrogen and oxygen atoms in total. The number of aromatic nitrogens is 1. The van der Waals surface area contributed by atoms with Crippen LogP contribution in [0.3, 0.4) is 0 Å². The van der Waals surface area contributed by atoms with E-state index in [1.165, 1.54) is 17.4 Å². The van der Waals surface area contributed by atoms with Crippen LogP contribution in [0.5, 0.6) is 5.75 Å². The van der Waals surface area contributed by atoms with Crippen LogP contribution in [0, 0.1) is 0 Å². The van der Waals surface area contributed by atoms with Crippen LogP contribution >= 0.6 is 27.3 Å². The second-order valence-corrected chi connectivity index (χ2v) is 9.22. The number of carbonyl (C=O) groups is 1. The van der Waals surface area contributed by atoms with Gasteiger partial charge in [-0.1, -0.05) is 64.2 Å². The number of hydrogen-bond acceptors (Lipinski definition) is 6. The molecule has 1 aliphatic heterocycles. The molecule has 1 aliphatic rings. The molecule has 0 radical (unpaired) electrons. The van der Waals surface area contributed by atoms with Crippen molar-refractivity contribution in [2.45, 2.75) is 13.0 Å². The van der Waals surface area contributed by atoms with Gasteiger partial charge in [0.25, 0.3) is 5.56 Å². The monoisotopic (exact) mass is 524 g/mol. The molecule has 0 N–H and O–H groups in total. The number of nitrogens with zero attached hydrogens (tertiary/aromatic N) is 2. The van der Waals surface area contributed by atoms with Gasteiger partial charge in [0.05, 0.1) is 29.0 Å². The lowest BCUT2D eigenvalue weighted by Gasteiger charge is -2.24. The Morgan fingerprint density at radius 3 is 2.70 bits per heavy atom. The lowest BCUT2D eigenvalue weighted by molar-refractivity contribution is -0.138. The van der Waals surface area contributed by atoms with Crippen molar-refractivity contribution in [1.82, 2.24) is 4.57 Å². The van der Waals surface area contributed by atoms with Crippen LogP contribution < -0.4 is 19.6 Å². The molecule has 0 amide bonds. The molecule has 0 fully saturated rings. The lowest BCUT2D eigenvalue weighted by atomic mass is 9.96. The van der Waals surface area contributed by atoms with Gasteiger partial charge >= 0.3 is 5.97 Å². The van der Waals surface area contributed by atoms with Crippen LogP contribution in [0.2, 0.25) is 0 Å². The van der Waals surface area contributed by atoms with Crippen LogP contribution in [0.1, 0.15) is 24.1 Å². The van der Waals surface area contributed by atoms with Crippen LogP contribution in [0.4, 0.5) is 0 Å². The summed E-state index contributed by atoms with van der Waals surface area (Å²) in [5.74, 6) is 0.149. The first-order valence-electron chi connectivity index (χ1n) is 10.1. The largest absolute Gasteiger partial charge is 0.497 e. The maximum absolute atomic E-state index is 13.6. The summed E-state index contributed by atoms with van der Waals surface area (Å²) in [5.41, 5.74) is 2.26. The van der Waals surface area contributed by atoms with E-state index in [0.717, 1.165) is 15.6 Å². The van der Waals surface area contributed by atoms with Crippen LogP contribution in [-0.2, 0) is 9.53 Å². The Balaban J connectivity index is 1.92. The van der Waals surface area contributed by atoms with Gasteiger partial charge in [-0.25, -0.2) is 9.79 Å². The molecule has 1 aromatic heterocycles. The van der Waals surface area contributed by atoms with Crippen LogP contribution in [-0.4, -0.2) is 24.3 Å². The zero-order valence-electron chi connectivity index (χ0n) is 18.1. The Hall–Kier alpha value is -3.23. The van der Waals surface area contributed by atoms with Gasteiger partial charge in [-0.05, 0) is 48.4 Å². The number of fused-ring (bicyclic) bond motifs is 1. The molecule has 0 unspecified atom stereocenters. The standard InChI is InChI=1S/C25H21BrN2O4S/c1-4-12-32-24(30)21-15(2)27-25-28(22(21)17-8-10-19(31-3)11-9-17)23(29)20(33-25)14-16-6-5-7-18(26)13-16/h4-11,13-14,22H,1,12H2,2-3H3/b20-14+/t22-/m1/s1. The number of benzene rings is 2. The normalized spacial score (nSPS) is 15.6. The Bertz CT molecular complexity index is 1430. The summed E-state index contributed by atoms with van der Waals surface area (Å²) in [6.45, 7) is 5.42. The topological polar surface area (TPSA) is 69.9 Å². The maximum Gasteiger partial charge on any atom is 0.338 e. The second-order valence-electron chi connectivity index (χ2n) is 7.30. The Kier molecular flexibility index (Phi) is 6.76. The van der Waals surface area contributed by atoms with Gasteiger partial charge in [0.2, 0.25) is 0 Å². The average Bonchev–Trinajstić information content (AvgIpc) is 3.11. The van der Waals surface area contributed by atoms with E-state index in [2.05, 4.69) is 27.5 Å². The number of carbonyl (C=O) groups excluding carboxylic acids is 1. The summed E-state index contributed by atoms with van der Waals surface area (Å²) < 4.78 is 13.6. The number of rotatable bonds is 6. The molecular weight excluding hydrogens is 504 g/mol. The Morgan fingerprint density at radius 1 is 1.27 bits per heavy atom. The third-order valence-corrected chi connectivity index (χ3v) is 6.63. The average molecular weight is 525 g/mol. The summed E-state index contributed by atoms with van der Waals surface area (Å²) in [7, 11) is 1.59. The molecule has 0 saturated carbocycles. The summed E-state index contributed by atoms with van der Waals surface area (Å²) in [4.78, 5) is 31.7. The minimum Gasteiger partial charge on any atom is -0.497 e. The summed E-state index contributed by atoms with van der Waals surface area (Å²) in [6, 6.07) is 14.3. The zero-order valence-corrected chi connectivity index (χ0v) is 20.5. The van der Waals surface area contributed by atoms with E-state index in [0.29, 0.717) is 26.4 Å². The summed E-state index contributed by atoms with van der Waals surface area (Å²) >= 11 is 4.75. The quantitative estimate of drug-likeness (QED) is 0.363. The van der Waals surface area contributed by atoms with Gasteiger partial charge in [-0.2, -0.15) is 0 Å². The molecule has 2 aromatic carbocycles. The molecule has 0 bridgehead atoms. The van der Waals surface area contributed by atoms with Gasteiger partial charge in [0.1, 0.15) is 12.4 Å². The molecule has 0 aliphatic carbocycles. The fourth-order valence-electron chi connectivity index (χ4n) is 3.64. The van der Waals surface area contributed by atoms with Gasteiger partial charge in [0.15, 0.2) is 4.80 Å². The van der Waals surface area contributed by atoms with Crippen molar-refractivity contribution in [3.63, 3.8) is 0 Å². The molecule has 0 spiro atoms. The fraction of sp³-hybridized carbons (Fsp3) is 0.160. The van der Waals surface area contributed by atoms with E-state index in [4.69, 9.17) is 9.47 Å². The van der Waals surface area contributed by atoms with Crippen molar-refractivity contribution in [1.29, 1.82) is 0 Å². The molecule has 0 saturated heterocycles. The van der Waals surface area contributed by atoms with Crippen molar-refractivity contribution in [2.75, 3.05) is 13.7 Å². The number of halogens is 1. The summed E-state index contributed by atoms with van der Waals surface area (Å²) in [6.07, 6.45) is 3.33. The molecular formula is C25H21BrN2O4S. The minimum atomic E-state index is -0.672. The first-order chi connectivity index (χ1) is 15.9. The number of hydrogen-bond donors (Lipinski definition) is 0. The SMILES string of the molecule is C=CCOC(=O)C1=C(C)N=c2s/c(=C/c3cccc(Br)c3)c(=O)n2[C@@H]1c1ccc(OC)cc1. The third kappa shape index (κ3) is 4.62. The highest BCUT2D eigenvalue weighted by Gasteiger charge is 2.33. The van der Waals surface area contributed by atoms with Gasteiger partial charge < -0.3 is 9.47 Å². The molecule has 8 heteroatoms. The maximum atomic E-state index is 13.6. The number of ether oxygens (including phenoxy) is 2. The van der Waals surface area contributed by atoms with Crippen molar-refractivity contribution in [3.8, 4) is 5.75 Å². The highest BCUT2D eigenvalue weighted by molar-refractivity contribution is 9.10. The first kappa shape index (κ1) is 22.9. The molecule has 4 rings (SSSR count). The predicted octanol–water partition coefficient (Wildman–Crippen LogP) is 3.74. The highest BCUT2D eigenvalue weighted by atomic mass is 79.9. The Labute approximate surface area is 203 Å². The lowest BCUT2D eigenvalue weighted by Crippen LogP contribution is -2.39. The van der Waals surface area contributed by atoms with Crippen LogP contribution in [0.15, 0.2) is 86.7 Å². The van der Waals surface area contributed by atoms with Crippen molar-refractivity contribution in [3.05, 3.63) is 108 Å². The van der Waals surface area contributed by atoms with E-state index in [1.807, 2.05) is 42.5 Å². The number of esters is 1. The molecule has 1 atom stereocenters. The zero-order chi connectivity index (χ0) is 23.5. The van der Waals surface area contributed by atoms with E-state index in [1.54, 1.807) is 30.7 Å². The van der Waals surface area contributed by atoms with Crippen LogP contribution in [0.25, 0.3) is 6.08 Å². The second kappa shape index (κ2) is 9.72. The number of thiazole rings is 1. The van der Waals surface area contributed by atoms with Gasteiger partial charge in [-0.15, -0.1) is 0 Å². The summed E-state index contributed by atoms with van der Waals surface area (Å²) in [5, 5.41) is 0. The number of allylic oxidation sites excluding steroid dienone is 1. The van der Waals surface area contributed by atoms with Gasteiger partial charge in [0, 0.05) is 4.47 Å². The highest BCUT2D eigenvalue weighted by Crippen LogP contribution is 2.31. The van der Waals surface area contributed by atoms with E-state index in [9.17, 15) is 9.59 Å². The first-order valence-corrected chi connectivity index (χ1v) is 11.7. The number of methoxy groups -OCH3 is 1. The third-order valence-electron chi connectivity index (χ3n) is 5.15. The molecule has 168 valence electrons. The van der Waals surface area contributed by atoms with Crippen molar-refractivity contribution >= 4 is 39.3 Å². The van der Waals surface area contributed by atoms with E-state index >= 15 is 0 Å². The van der Waals surface area contributed by atoms with E-state index < -0.39 is 12.0 Å². The minimum absolute atomic E-state index is 0.0677. The van der Waals surface area contributed by atoms with Crippen molar-refractivity contribution in [2.24, 2.45) is 4.99 Å². The van der Waals surface area contributed by atoms with Gasteiger partial charge in [-0.3, -0.25) is 9.36 Å². The molecule has 2 heterocycles.